The molecule has 0 aromatic heterocycles. The molecule has 1 saturated carbocycles. The van der Waals surface area contributed by atoms with Gasteiger partial charge < -0.3 is 0 Å². The summed E-state index contributed by atoms with van der Waals surface area (Å²) in [4.78, 5) is 0. The lowest BCUT2D eigenvalue weighted by Gasteiger charge is -2.31. The first-order valence-corrected chi connectivity index (χ1v) is 5.35. The molecule has 0 saturated heterocycles. The van der Waals surface area contributed by atoms with Crippen LogP contribution in [0.25, 0.3) is 0 Å². The van der Waals surface area contributed by atoms with Gasteiger partial charge in [0, 0.05) is 12.3 Å². The molecular formula is C12H20. The Kier molecular flexibility index (Phi) is 4.22. The largest absolute Gasteiger partial charge is 0.103 e. The zero-order valence-electron chi connectivity index (χ0n) is 8.40. The molecule has 0 nitrogen and oxygen atoms in total. The van der Waals surface area contributed by atoms with Crippen LogP contribution in [0, 0.1) is 23.7 Å². The maximum Gasteiger partial charge on any atom is 0.0208 e. The summed E-state index contributed by atoms with van der Waals surface area (Å²) in [6, 6.07) is 0. The SMILES string of the molecule is CCCC#CC1CC(CCC)C1. The van der Waals surface area contributed by atoms with Crippen LogP contribution in [-0.2, 0) is 0 Å². The van der Waals surface area contributed by atoms with E-state index in [1.807, 2.05) is 0 Å². The molecule has 0 heterocycles. The lowest BCUT2D eigenvalue weighted by atomic mass is 9.73. The second-order valence-electron chi connectivity index (χ2n) is 3.89. The highest BCUT2D eigenvalue weighted by Crippen LogP contribution is 2.36. The maximum absolute atomic E-state index is 3.36. The fraction of sp³-hybridized carbons (Fsp3) is 0.833. The highest BCUT2D eigenvalue weighted by atomic mass is 14.3. The van der Waals surface area contributed by atoms with E-state index in [4.69, 9.17) is 0 Å². The summed E-state index contributed by atoms with van der Waals surface area (Å²) < 4.78 is 0. The summed E-state index contributed by atoms with van der Waals surface area (Å²) in [6.45, 7) is 4.46. The predicted molar refractivity (Wildman–Crippen MR) is 53.8 cm³/mol. The van der Waals surface area contributed by atoms with Crippen molar-refractivity contribution in [3.05, 3.63) is 0 Å². The molecule has 12 heavy (non-hydrogen) atoms. The first-order valence-electron chi connectivity index (χ1n) is 5.35. The van der Waals surface area contributed by atoms with Gasteiger partial charge in [0.15, 0.2) is 0 Å². The van der Waals surface area contributed by atoms with Crippen LogP contribution in [0.3, 0.4) is 0 Å². The number of unbranched alkanes of at least 4 members (excludes halogenated alkanes) is 1. The Morgan fingerprint density at radius 3 is 2.50 bits per heavy atom. The molecule has 68 valence electrons. The van der Waals surface area contributed by atoms with Crippen molar-refractivity contribution in [3.63, 3.8) is 0 Å². The lowest BCUT2D eigenvalue weighted by Crippen LogP contribution is -2.21. The highest BCUT2D eigenvalue weighted by molar-refractivity contribution is 5.07. The molecule has 0 N–H and O–H groups in total. The Bertz CT molecular complexity index is 164. The van der Waals surface area contributed by atoms with Gasteiger partial charge >= 0.3 is 0 Å². The van der Waals surface area contributed by atoms with Crippen molar-refractivity contribution in [1.29, 1.82) is 0 Å². The van der Waals surface area contributed by atoms with E-state index in [0.717, 1.165) is 18.3 Å². The third kappa shape index (κ3) is 2.89. The van der Waals surface area contributed by atoms with E-state index >= 15 is 0 Å². The normalized spacial score (nSPS) is 27.2. The molecule has 0 amide bonds. The van der Waals surface area contributed by atoms with Gasteiger partial charge in [0.25, 0.3) is 0 Å². The molecule has 0 spiro atoms. The van der Waals surface area contributed by atoms with Crippen molar-refractivity contribution in [2.24, 2.45) is 11.8 Å². The van der Waals surface area contributed by atoms with Crippen molar-refractivity contribution in [2.75, 3.05) is 0 Å². The molecule has 0 aliphatic heterocycles. The second-order valence-corrected chi connectivity index (χ2v) is 3.89. The van der Waals surface area contributed by atoms with Gasteiger partial charge in [-0.05, 0) is 25.2 Å². The topological polar surface area (TPSA) is 0 Å². The summed E-state index contributed by atoms with van der Waals surface area (Å²) in [6.07, 6.45) is 7.83. The van der Waals surface area contributed by atoms with Crippen LogP contribution < -0.4 is 0 Å². The van der Waals surface area contributed by atoms with Crippen molar-refractivity contribution < 1.29 is 0 Å². The van der Waals surface area contributed by atoms with E-state index in [9.17, 15) is 0 Å². The van der Waals surface area contributed by atoms with Gasteiger partial charge in [-0.15, -0.1) is 5.92 Å². The fourth-order valence-corrected chi connectivity index (χ4v) is 1.84. The van der Waals surface area contributed by atoms with Gasteiger partial charge in [0.05, 0.1) is 0 Å². The predicted octanol–water partition coefficient (Wildman–Crippen LogP) is 3.62. The van der Waals surface area contributed by atoms with Gasteiger partial charge in [-0.2, -0.15) is 0 Å². The lowest BCUT2D eigenvalue weighted by molar-refractivity contribution is 0.232. The molecule has 0 heteroatoms. The van der Waals surface area contributed by atoms with E-state index in [0.29, 0.717) is 0 Å². The molecule has 1 fully saturated rings. The Hall–Kier alpha value is -0.440. The first-order chi connectivity index (χ1) is 5.86. The summed E-state index contributed by atoms with van der Waals surface area (Å²) in [5.74, 6) is 8.38. The molecule has 0 aromatic rings. The van der Waals surface area contributed by atoms with Crippen molar-refractivity contribution in [2.45, 2.75) is 52.4 Å². The average molecular weight is 164 g/mol. The summed E-state index contributed by atoms with van der Waals surface area (Å²) in [5, 5.41) is 0. The molecule has 1 aliphatic rings. The van der Waals surface area contributed by atoms with E-state index in [1.54, 1.807) is 0 Å². The number of hydrogen-bond acceptors (Lipinski definition) is 0. The van der Waals surface area contributed by atoms with Gasteiger partial charge in [-0.3, -0.25) is 0 Å². The number of hydrogen-bond donors (Lipinski definition) is 0. The van der Waals surface area contributed by atoms with Crippen LogP contribution in [0.4, 0.5) is 0 Å². The minimum Gasteiger partial charge on any atom is -0.103 e. The highest BCUT2D eigenvalue weighted by Gasteiger charge is 2.26. The van der Waals surface area contributed by atoms with E-state index in [-0.39, 0.29) is 0 Å². The minimum absolute atomic E-state index is 0.757. The minimum atomic E-state index is 0.757. The third-order valence-corrected chi connectivity index (χ3v) is 2.61. The first kappa shape index (κ1) is 9.65. The van der Waals surface area contributed by atoms with E-state index < -0.39 is 0 Å². The summed E-state index contributed by atoms with van der Waals surface area (Å²) in [5.41, 5.74) is 0. The molecule has 0 unspecified atom stereocenters. The quantitative estimate of drug-likeness (QED) is 0.559. The van der Waals surface area contributed by atoms with Crippen LogP contribution in [0.2, 0.25) is 0 Å². The Morgan fingerprint density at radius 2 is 1.92 bits per heavy atom. The van der Waals surface area contributed by atoms with Gasteiger partial charge in [-0.1, -0.05) is 32.6 Å². The molecule has 0 atom stereocenters. The van der Waals surface area contributed by atoms with Crippen molar-refractivity contribution in [1.82, 2.24) is 0 Å². The van der Waals surface area contributed by atoms with Crippen LogP contribution >= 0.6 is 0 Å². The zero-order chi connectivity index (χ0) is 8.81. The molecule has 1 aliphatic carbocycles. The van der Waals surface area contributed by atoms with Gasteiger partial charge in [0.2, 0.25) is 0 Å². The Morgan fingerprint density at radius 1 is 1.17 bits per heavy atom. The summed E-state index contributed by atoms with van der Waals surface area (Å²) >= 11 is 0. The van der Waals surface area contributed by atoms with Crippen LogP contribution in [0.5, 0.6) is 0 Å². The average Bonchev–Trinajstić information content (AvgIpc) is 2.00. The smallest absolute Gasteiger partial charge is 0.0208 e. The van der Waals surface area contributed by atoms with Crippen LogP contribution in [-0.4, -0.2) is 0 Å². The van der Waals surface area contributed by atoms with Crippen LogP contribution in [0.15, 0.2) is 0 Å². The molecule has 0 bridgehead atoms. The Balaban J connectivity index is 2.06. The molecule has 0 aromatic carbocycles. The van der Waals surface area contributed by atoms with E-state index in [2.05, 4.69) is 25.7 Å². The van der Waals surface area contributed by atoms with Crippen LogP contribution in [0.1, 0.15) is 52.4 Å². The van der Waals surface area contributed by atoms with Gasteiger partial charge in [-0.25, -0.2) is 0 Å². The Labute approximate surface area is 76.7 Å². The molecule has 1 rings (SSSR count). The third-order valence-electron chi connectivity index (χ3n) is 2.61. The monoisotopic (exact) mass is 164 g/mol. The summed E-state index contributed by atoms with van der Waals surface area (Å²) in [7, 11) is 0. The van der Waals surface area contributed by atoms with Crippen molar-refractivity contribution in [3.8, 4) is 11.8 Å². The standard InChI is InChI=1S/C12H20/c1-3-5-6-8-12-9-11(10-12)7-4-2/h11-12H,3-5,7,9-10H2,1-2H3. The molecular weight excluding hydrogens is 144 g/mol. The van der Waals surface area contributed by atoms with Crippen molar-refractivity contribution >= 4 is 0 Å². The van der Waals surface area contributed by atoms with Gasteiger partial charge in [0.1, 0.15) is 0 Å². The maximum atomic E-state index is 3.36. The second kappa shape index (κ2) is 5.25. The fourth-order valence-electron chi connectivity index (χ4n) is 1.84. The molecule has 0 radical (unpaired) electrons. The number of rotatable bonds is 3. The van der Waals surface area contributed by atoms with E-state index in [1.165, 1.54) is 32.1 Å². The zero-order valence-corrected chi connectivity index (χ0v) is 8.40.